The maximum absolute atomic E-state index is 12.6. The molecule has 2 aromatic carbocycles. The van der Waals surface area contributed by atoms with Crippen LogP contribution in [0.2, 0.25) is 0 Å². The molecule has 0 spiro atoms. The van der Waals surface area contributed by atoms with E-state index in [4.69, 9.17) is 4.74 Å². The van der Waals surface area contributed by atoms with E-state index in [1.807, 2.05) is 52.2 Å². The zero-order valence-corrected chi connectivity index (χ0v) is 16.1. The van der Waals surface area contributed by atoms with Crippen LogP contribution in [-0.2, 0) is 24.4 Å². The van der Waals surface area contributed by atoms with E-state index in [9.17, 15) is 4.79 Å². The molecule has 0 radical (unpaired) electrons. The molecule has 0 saturated carbocycles. The predicted octanol–water partition coefficient (Wildman–Crippen LogP) is 3.53. The average molecular weight is 389 g/mol. The Morgan fingerprint density at radius 3 is 2.55 bits per heavy atom. The van der Waals surface area contributed by atoms with Crippen LogP contribution >= 0.6 is 0 Å². The number of carbonyl (C=O) groups is 1. The minimum atomic E-state index is -0.0846. The van der Waals surface area contributed by atoms with Crippen LogP contribution < -0.4 is 5.32 Å². The van der Waals surface area contributed by atoms with Crippen LogP contribution in [0, 0.1) is 5.92 Å². The number of anilines is 1. The van der Waals surface area contributed by atoms with Crippen LogP contribution in [0.15, 0.2) is 54.7 Å². The maximum atomic E-state index is 12.6. The van der Waals surface area contributed by atoms with Crippen LogP contribution in [0.3, 0.4) is 0 Å². The zero-order chi connectivity index (χ0) is 19.6. The van der Waals surface area contributed by atoms with Crippen LogP contribution in [0.1, 0.15) is 17.5 Å². The molecule has 1 unspecified atom stereocenters. The predicted molar refractivity (Wildman–Crippen MR) is 109 cm³/mol. The Kier molecular flexibility index (Phi) is 4.73. The summed E-state index contributed by atoms with van der Waals surface area (Å²) in [5.41, 5.74) is 5.00. The summed E-state index contributed by atoms with van der Waals surface area (Å²) in [5.74, 6) is 0.513. The van der Waals surface area contributed by atoms with Crippen molar-refractivity contribution >= 4 is 11.7 Å². The second-order valence-electron chi connectivity index (χ2n) is 7.69. The molecular formula is C22H23N5O2. The fraction of sp³-hybridized carbons (Fsp3) is 0.318. The van der Waals surface area contributed by atoms with Crippen molar-refractivity contribution in [3.05, 3.63) is 65.9 Å². The first-order valence-corrected chi connectivity index (χ1v) is 9.95. The van der Waals surface area contributed by atoms with Crippen molar-refractivity contribution in [2.24, 2.45) is 5.92 Å². The van der Waals surface area contributed by atoms with Crippen molar-refractivity contribution in [3.8, 4) is 11.3 Å². The molecule has 1 aromatic heterocycles. The SMILES string of the molecule is O=C(Nc1ccc(-c2cn(CC3CCOC3)nn2)cc1)N1Cc2ccccc2C1. The standard InChI is InChI=1S/C22H23N5O2/c28-22(26-12-18-3-1-2-4-19(18)13-26)23-20-7-5-17(6-8-20)21-14-27(25-24-21)11-16-9-10-29-15-16/h1-8,14,16H,9-13,15H2,(H,23,28). The number of nitrogens with one attached hydrogen (secondary N) is 1. The molecule has 3 heterocycles. The lowest BCUT2D eigenvalue weighted by Gasteiger charge is -2.16. The van der Waals surface area contributed by atoms with Crippen molar-refractivity contribution in [3.63, 3.8) is 0 Å². The van der Waals surface area contributed by atoms with Crippen molar-refractivity contribution < 1.29 is 9.53 Å². The Morgan fingerprint density at radius 1 is 1.10 bits per heavy atom. The highest BCUT2D eigenvalue weighted by atomic mass is 16.5. The summed E-state index contributed by atoms with van der Waals surface area (Å²) < 4.78 is 7.31. The lowest BCUT2D eigenvalue weighted by Crippen LogP contribution is -2.30. The van der Waals surface area contributed by atoms with E-state index in [-0.39, 0.29) is 6.03 Å². The monoisotopic (exact) mass is 389 g/mol. The van der Waals surface area contributed by atoms with Crippen molar-refractivity contribution in [1.82, 2.24) is 19.9 Å². The maximum Gasteiger partial charge on any atom is 0.322 e. The summed E-state index contributed by atoms with van der Waals surface area (Å²) >= 11 is 0. The third kappa shape index (κ3) is 3.86. The molecule has 7 nitrogen and oxygen atoms in total. The number of ether oxygens (including phenoxy) is 1. The number of aromatic nitrogens is 3. The fourth-order valence-electron chi connectivity index (χ4n) is 3.92. The van der Waals surface area contributed by atoms with Gasteiger partial charge in [0.15, 0.2) is 0 Å². The first-order chi connectivity index (χ1) is 14.2. The van der Waals surface area contributed by atoms with Crippen molar-refractivity contribution in [1.29, 1.82) is 0 Å². The van der Waals surface area contributed by atoms with Gasteiger partial charge in [-0.3, -0.25) is 4.68 Å². The topological polar surface area (TPSA) is 72.3 Å². The molecule has 1 saturated heterocycles. The number of amides is 2. The molecule has 3 aromatic rings. The van der Waals surface area contributed by atoms with E-state index >= 15 is 0 Å². The highest BCUT2D eigenvalue weighted by molar-refractivity contribution is 5.90. The molecule has 1 atom stereocenters. The second-order valence-corrected chi connectivity index (χ2v) is 7.69. The van der Waals surface area contributed by atoms with E-state index in [1.54, 1.807) is 0 Å². The number of benzene rings is 2. The van der Waals surface area contributed by atoms with Gasteiger partial charge in [0, 0.05) is 43.4 Å². The fourth-order valence-corrected chi connectivity index (χ4v) is 3.92. The third-order valence-corrected chi connectivity index (χ3v) is 5.57. The lowest BCUT2D eigenvalue weighted by molar-refractivity contribution is 0.181. The van der Waals surface area contributed by atoms with Gasteiger partial charge in [-0.15, -0.1) is 5.10 Å². The molecule has 2 amide bonds. The van der Waals surface area contributed by atoms with Gasteiger partial charge < -0.3 is 15.0 Å². The van der Waals surface area contributed by atoms with Gasteiger partial charge in [0.2, 0.25) is 0 Å². The molecule has 2 aliphatic heterocycles. The minimum Gasteiger partial charge on any atom is -0.381 e. The summed E-state index contributed by atoms with van der Waals surface area (Å²) in [7, 11) is 0. The van der Waals surface area contributed by atoms with Gasteiger partial charge in [-0.25, -0.2) is 4.79 Å². The van der Waals surface area contributed by atoms with Crippen LogP contribution in [0.25, 0.3) is 11.3 Å². The van der Waals surface area contributed by atoms with Crippen LogP contribution in [0.5, 0.6) is 0 Å². The van der Waals surface area contributed by atoms with E-state index in [0.717, 1.165) is 43.1 Å². The van der Waals surface area contributed by atoms with Gasteiger partial charge >= 0.3 is 6.03 Å². The quantitative estimate of drug-likeness (QED) is 0.741. The number of nitrogens with zero attached hydrogens (tertiary/aromatic N) is 4. The van der Waals surface area contributed by atoms with Crippen LogP contribution in [0.4, 0.5) is 10.5 Å². The smallest absolute Gasteiger partial charge is 0.322 e. The Balaban J connectivity index is 1.20. The molecule has 2 aliphatic rings. The molecule has 29 heavy (non-hydrogen) atoms. The number of hydrogen-bond donors (Lipinski definition) is 1. The summed E-state index contributed by atoms with van der Waals surface area (Å²) in [4.78, 5) is 14.4. The Hall–Kier alpha value is -3.19. The number of rotatable bonds is 4. The lowest BCUT2D eigenvalue weighted by atomic mass is 10.1. The zero-order valence-electron chi connectivity index (χ0n) is 16.1. The first kappa shape index (κ1) is 17.9. The summed E-state index contributed by atoms with van der Waals surface area (Å²) in [6, 6.07) is 15.8. The summed E-state index contributed by atoms with van der Waals surface area (Å²) in [6.07, 6.45) is 3.04. The second kappa shape index (κ2) is 7.67. The molecule has 0 aliphatic carbocycles. The third-order valence-electron chi connectivity index (χ3n) is 5.57. The van der Waals surface area contributed by atoms with Gasteiger partial charge in [-0.05, 0) is 29.7 Å². The Bertz CT molecular complexity index is 983. The molecule has 1 N–H and O–H groups in total. The van der Waals surface area contributed by atoms with Crippen molar-refractivity contribution in [2.45, 2.75) is 26.1 Å². The first-order valence-electron chi connectivity index (χ1n) is 9.95. The van der Waals surface area contributed by atoms with Gasteiger partial charge in [0.05, 0.1) is 12.8 Å². The molecule has 5 rings (SSSR count). The van der Waals surface area contributed by atoms with E-state index in [2.05, 4.69) is 27.8 Å². The van der Waals surface area contributed by atoms with Gasteiger partial charge in [-0.2, -0.15) is 0 Å². The molecular weight excluding hydrogens is 366 g/mol. The average Bonchev–Trinajstić information content (AvgIpc) is 3.49. The highest BCUT2D eigenvalue weighted by Crippen LogP contribution is 2.24. The highest BCUT2D eigenvalue weighted by Gasteiger charge is 2.23. The number of hydrogen-bond acceptors (Lipinski definition) is 4. The van der Waals surface area contributed by atoms with Crippen LogP contribution in [-0.4, -0.2) is 39.1 Å². The number of fused-ring (bicyclic) bond motifs is 1. The van der Waals surface area contributed by atoms with Gasteiger partial charge in [-0.1, -0.05) is 41.6 Å². The van der Waals surface area contributed by atoms with Gasteiger partial charge in [0.1, 0.15) is 5.69 Å². The molecule has 1 fully saturated rings. The van der Waals surface area contributed by atoms with E-state index in [1.165, 1.54) is 11.1 Å². The normalized spacial score (nSPS) is 18.1. The summed E-state index contributed by atoms with van der Waals surface area (Å²) in [5, 5.41) is 11.5. The van der Waals surface area contributed by atoms with Gasteiger partial charge in [0.25, 0.3) is 0 Å². The largest absolute Gasteiger partial charge is 0.381 e. The minimum absolute atomic E-state index is 0.0846. The molecule has 7 heteroatoms. The molecule has 0 bridgehead atoms. The number of urea groups is 1. The Morgan fingerprint density at radius 2 is 1.86 bits per heavy atom. The van der Waals surface area contributed by atoms with E-state index < -0.39 is 0 Å². The van der Waals surface area contributed by atoms with Crippen molar-refractivity contribution in [2.75, 3.05) is 18.5 Å². The molecule has 148 valence electrons. The number of carbonyl (C=O) groups excluding carboxylic acids is 1. The summed E-state index contributed by atoms with van der Waals surface area (Å²) in [6.45, 7) is 3.76. The van der Waals surface area contributed by atoms with E-state index in [0.29, 0.717) is 19.0 Å². The Labute approximate surface area is 169 Å².